The van der Waals surface area contributed by atoms with Crippen LogP contribution in [0.2, 0.25) is 0 Å². The minimum absolute atomic E-state index is 0.0570. The Labute approximate surface area is 111 Å². The Morgan fingerprint density at radius 3 is 2.95 bits per heavy atom. The van der Waals surface area contributed by atoms with Crippen LogP contribution in [0.4, 0.5) is 11.5 Å². The first-order valence-electron chi connectivity index (χ1n) is 6.42. The summed E-state index contributed by atoms with van der Waals surface area (Å²) in [7, 11) is 0. The largest absolute Gasteiger partial charge is 0.476 e. The van der Waals surface area contributed by atoms with Crippen LogP contribution in [0.1, 0.15) is 26.7 Å². The zero-order valence-corrected chi connectivity index (χ0v) is 11.1. The third-order valence-electron chi connectivity index (χ3n) is 2.80. The molecule has 2 rings (SSSR count). The van der Waals surface area contributed by atoms with Crippen molar-refractivity contribution in [1.29, 1.82) is 0 Å². The molecule has 1 unspecified atom stereocenters. The number of hydrogen-bond acceptors (Lipinski definition) is 6. The van der Waals surface area contributed by atoms with E-state index in [1.54, 1.807) is 6.92 Å². The highest BCUT2D eigenvalue weighted by molar-refractivity contribution is 5.85. The Morgan fingerprint density at radius 2 is 2.32 bits per heavy atom. The van der Waals surface area contributed by atoms with Crippen LogP contribution in [0.25, 0.3) is 0 Å². The predicted molar refractivity (Wildman–Crippen MR) is 71.9 cm³/mol. The average molecular weight is 265 g/mol. The van der Waals surface area contributed by atoms with E-state index in [0.29, 0.717) is 30.0 Å². The number of hydrogen-bond donors (Lipinski definition) is 3. The molecule has 1 aliphatic rings. The lowest BCUT2D eigenvalue weighted by Gasteiger charge is -2.16. The smallest absolute Gasteiger partial charge is 0.242 e. The molecule has 7 nitrogen and oxygen atoms in total. The third kappa shape index (κ3) is 3.46. The number of nitrogens with zero attached hydrogens (tertiary/aromatic N) is 2. The summed E-state index contributed by atoms with van der Waals surface area (Å²) >= 11 is 0. The van der Waals surface area contributed by atoms with Crippen LogP contribution in [0, 0.1) is 0 Å². The molecule has 1 heterocycles. The molecule has 0 spiro atoms. The molecular formula is C12H19N5O2. The number of anilines is 2. The molecule has 1 aliphatic carbocycles. The molecular weight excluding hydrogens is 246 g/mol. The maximum absolute atomic E-state index is 11.8. The normalized spacial score (nSPS) is 15.7. The summed E-state index contributed by atoms with van der Waals surface area (Å²) in [6.45, 7) is 4.08. The van der Waals surface area contributed by atoms with Crippen LogP contribution in [-0.2, 0) is 4.79 Å². The summed E-state index contributed by atoms with van der Waals surface area (Å²) < 4.78 is 5.28. The highest BCUT2D eigenvalue weighted by atomic mass is 16.5. The maximum Gasteiger partial charge on any atom is 0.242 e. The second kappa shape index (κ2) is 5.73. The molecule has 0 saturated heterocycles. The van der Waals surface area contributed by atoms with Crippen LogP contribution in [0.15, 0.2) is 6.33 Å². The quantitative estimate of drug-likeness (QED) is 0.693. The Hall–Kier alpha value is -2.05. The maximum atomic E-state index is 11.8. The standard InChI is InChI=1S/C12H19N5O2/c1-3-19-12-9(13)10(14-6-15-12)16-7(2)11(18)17-8-4-5-8/h6-8H,3-5,13H2,1-2H3,(H,17,18)(H,14,15,16). The first-order chi connectivity index (χ1) is 9.11. The number of amides is 1. The van der Waals surface area contributed by atoms with E-state index in [2.05, 4.69) is 20.6 Å². The van der Waals surface area contributed by atoms with Crippen LogP contribution >= 0.6 is 0 Å². The van der Waals surface area contributed by atoms with Crippen LogP contribution < -0.4 is 21.1 Å². The lowest BCUT2D eigenvalue weighted by Crippen LogP contribution is -2.39. The first kappa shape index (κ1) is 13.4. The minimum Gasteiger partial charge on any atom is -0.476 e. The number of carbonyl (C=O) groups is 1. The molecule has 104 valence electrons. The second-order valence-electron chi connectivity index (χ2n) is 4.52. The van der Waals surface area contributed by atoms with E-state index in [1.165, 1.54) is 6.33 Å². The highest BCUT2D eigenvalue weighted by Crippen LogP contribution is 2.25. The van der Waals surface area contributed by atoms with Gasteiger partial charge in [-0.25, -0.2) is 4.98 Å². The molecule has 0 aliphatic heterocycles. The SMILES string of the molecule is CCOc1ncnc(NC(C)C(=O)NC2CC2)c1N. The van der Waals surface area contributed by atoms with Gasteiger partial charge in [-0.3, -0.25) is 4.79 Å². The minimum atomic E-state index is -0.410. The summed E-state index contributed by atoms with van der Waals surface area (Å²) in [5, 5.41) is 5.89. The Kier molecular flexibility index (Phi) is 4.03. The molecule has 1 saturated carbocycles. The monoisotopic (exact) mass is 265 g/mol. The fourth-order valence-electron chi connectivity index (χ4n) is 1.57. The van der Waals surface area contributed by atoms with E-state index >= 15 is 0 Å². The number of nitrogen functional groups attached to an aromatic ring is 1. The van der Waals surface area contributed by atoms with Gasteiger partial charge in [-0.1, -0.05) is 0 Å². The van der Waals surface area contributed by atoms with Gasteiger partial charge in [-0.05, 0) is 26.7 Å². The van der Waals surface area contributed by atoms with Gasteiger partial charge in [0.15, 0.2) is 5.82 Å². The van der Waals surface area contributed by atoms with E-state index in [-0.39, 0.29) is 5.91 Å². The van der Waals surface area contributed by atoms with Crippen LogP contribution in [0.5, 0.6) is 5.88 Å². The van der Waals surface area contributed by atoms with Gasteiger partial charge in [0.05, 0.1) is 6.61 Å². The van der Waals surface area contributed by atoms with Gasteiger partial charge < -0.3 is 21.1 Å². The van der Waals surface area contributed by atoms with Gasteiger partial charge in [-0.15, -0.1) is 0 Å². The zero-order valence-electron chi connectivity index (χ0n) is 11.1. The number of rotatable bonds is 6. The lowest BCUT2D eigenvalue weighted by atomic mass is 10.3. The van der Waals surface area contributed by atoms with E-state index in [4.69, 9.17) is 10.5 Å². The average Bonchev–Trinajstić information content (AvgIpc) is 3.18. The van der Waals surface area contributed by atoms with Gasteiger partial charge in [0.1, 0.15) is 18.1 Å². The van der Waals surface area contributed by atoms with Crippen molar-refractivity contribution >= 4 is 17.4 Å². The van der Waals surface area contributed by atoms with Crippen molar-refractivity contribution in [2.75, 3.05) is 17.7 Å². The van der Waals surface area contributed by atoms with Gasteiger partial charge >= 0.3 is 0 Å². The molecule has 1 atom stereocenters. The van der Waals surface area contributed by atoms with Crippen LogP contribution in [-0.4, -0.2) is 34.6 Å². The van der Waals surface area contributed by atoms with Gasteiger partial charge in [0.2, 0.25) is 11.8 Å². The Balaban J connectivity index is 2.00. The predicted octanol–water partition coefficient (Wildman–Crippen LogP) is 0.536. The van der Waals surface area contributed by atoms with Crippen LogP contribution in [0.3, 0.4) is 0 Å². The second-order valence-corrected chi connectivity index (χ2v) is 4.52. The molecule has 0 radical (unpaired) electrons. The molecule has 7 heteroatoms. The topological polar surface area (TPSA) is 102 Å². The van der Waals surface area contributed by atoms with Gasteiger partial charge in [0.25, 0.3) is 0 Å². The zero-order chi connectivity index (χ0) is 13.8. The molecule has 1 aromatic rings. The summed E-state index contributed by atoms with van der Waals surface area (Å²) in [5.41, 5.74) is 6.20. The van der Waals surface area contributed by atoms with Crippen molar-refractivity contribution in [2.45, 2.75) is 38.8 Å². The third-order valence-corrected chi connectivity index (χ3v) is 2.80. The van der Waals surface area contributed by atoms with E-state index in [9.17, 15) is 4.79 Å². The first-order valence-corrected chi connectivity index (χ1v) is 6.42. The summed E-state index contributed by atoms with van der Waals surface area (Å²) in [4.78, 5) is 19.8. The lowest BCUT2D eigenvalue weighted by molar-refractivity contribution is -0.121. The van der Waals surface area contributed by atoms with Crippen molar-refractivity contribution in [3.05, 3.63) is 6.33 Å². The van der Waals surface area contributed by atoms with Gasteiger partial charge in [0, 0.05) is 6.04 Å². The fraction of sp³-hybridized carbons (Fsp3) is 0.583. The molecule has 1 aromatic heterocycles. The molecule has 1 fully saturated rings. The summed E-state index contributed by atoms with van der Waals surface area (Å²) in [6, 6.07) is -0.0780. The number of nitrogens with two attached hydrogens (primary N) is 1. The Morgan fingerprint density at radius 1 is 1.58 bits per heavy atom. The van der Waals surface area contributed by atoms with E-state index in [0.717, 1.165) is 12.8 Å². The molecule has 0 bridgehead atoms. The van der Waals surface area contributed by atoms with E-state index < -0.39 is 6.04 Å². The van der Waals surface area contributed by atoms with Gasteiger partial charge in [-0.2, -0.15) is 4.98 Å². The van der Waals surface area contributed by atoms with Crippen molar-refractivity contribution < 1.29 is 9.53 Å². The van der Waals surface area contributed by atoms with Crippen molar-refractivity contribution in [2.24, 2.45) is 0 Å². The fourth-order valence-corrected chi connectivity index (χ4v) is 1.57. The van der Waals surface area contributed by atoms with Crippen molar-refractivity contribution in [3.63, 3.8) is 0 Å². The van der Waals surface area contributed by atoms with Crippen molar-refractivity contribution in [3.8, 4) is 5.88 Å². The molecule has 1 amide bonds. The summed E-state index contributed by atoms with van der Waals surface area (Å²) in [5.74, 6) is 0.685. The summed E-state index contributed by atoms with van der Waals surface area (Å²) in [6.07, 6.45) is 3.47. The number of carbonyl (C=O) groups excluding carboxylic acids is 1. The van der Waals surface area contributed by atoms with Crippen molar-refractivity contribution in [1.82, 2.24) is 15.3 Å². The van der Waals surface area contributed by atoms with E-state index in [1.807, 2.05) is 6.92 Å². The number of nitrogens with one attached hydrogen (secondary N) is 2. The molecule has 0 aromatic carbocycles. The molecule has 4 N–H and O–H groups in total. The highest BCUT2D eigenvalue weighted by Gasteiger charge is 2.26. The Bertz CT molecular complexity index is 461. The molecule has 19 heavy (non-hydrogen) atoms. The number of ether oxygens (including phenoxy) is 1. The number of aromatic nitrogens is 2.